The second-order valence-corrected chi connectivity index (χ2v) is 4.82. The molecule has 0 unspecified atom stereocenters. The quantitative estimate of drug-likeness (QED) is 0.835. The highest BCUT2D eigenvalue weighted by molar-refractivity contribution is 9.11. The monoisotopic (exact) mass is 332 g/mol. The lowest BCUT2D eigenvalue weighted by atomic mass is 10.2. The third kappa shape index (κ3) is 3.35. The number of anilines is 1. The van der Waals surface area contributed by atoms with Crippen LogP contribution in [0.5, 0.6) is 0 Å². The maximum Gasteiger partial charge on any atom is 0.252 e. The van der Waals surface area contributed by atoms with Crippen molar-refractivity contribution in [1.82, 2.24) is 5.32 Å². The zero-order valence-electron chi connectivity index (χ0n) is 7.89. The summed E-state index contributed by atoms with van der Waals surface area (Å²) < 4.78 is 1.33. The molecular formula is C10H10Br2N2O. The number of hydrogen-bond donors (Lipinski definition) is 2. The number of carbonyl (C=O) groups is 1. The molecule has 3 N–H and O–H groups in total. The van der Waals surface area contributed by atoms with E-state index in [-0.39, 0.29) is 5.91 Å². The number of carbonyl (C=O) groups excluding carboxylic acids is 1. The molecule has 1 rings (SSSR count). The molecule has 0 saturated carbocycles. The second-order valence-electron chi connectivity index (χ2n) is 2.91. The molecule has 3 nitrogen and oxygen atoms in total. The van der Waals surface area contributed by atoms with Gasteiger partial charge in [-0.2, -0.15) is 0 Å². The van der Waals surface area contributed by atoms with Crippen molar-refractivity contribution in [1.29, 1.82) is 0 Å². The van der Waals surface area contributed by atoms with Crippen molar-refractivity contribution in [3.8, 4) is 0 Å². The minimum absolute atomic E-state index is 0.185. The standard InChI is InChI=1S/C10H10Br2N2O/c1-6(11)5-14-10(15)7-3-2-4-8(13)9(7)12/h2-4H,1,5,13H2,(H,14,15). The van der Waals surface area contributed by atoms with Crippen molar-refractivity contribution in [2.45, 2.75) is 0 Å². The smallest absolute Gasteiger partial charge is 0.252 e. The molecule has 0 aliphatic heterocycles. The molecule has 1 aromatic carbocycles. The topological polar surface area (TPSA) is 55.1 Å². The molecule has 0 aliphatic rings. The summed E-state index contributed by atoms with van der Waals surface area (Å²) in [4.78, 5) is 11.7. The third-order valence-electron chi connectivity index (χ3n) is 1.71. The first-order chi connectivity index (χ1) is 7.02. The lowest BCUT2D eigenvalue weighted by molar-refractivity contribution is 0.0957. The van der Waals surface area contributed by atoms with Gasteiger partial charge in [0, 0.05) is 16.7 Å². The minimum atomic E-state index is -0.185. The van der Waals surface area contributed by atoms with Crippen LogP contribution in [0.2, 0.25) is 0 Å². The molecule has 0 saturated heterocycles. The number of rotatable bonds is 3. The molecule has 80 valence electrons. The molecular weight excluding hydrogens is 324 g/mol. The average molecular weight is 334 g/mol. The van der Waals surface area contributed by atoms with Gasteiger partial charge in [-0.25, -0.2) is 0 Å². The average Bonchev–Trinajstić information content (AvgIpc) is 2.18. The van der Waals surface area contributed by atoms with E-state index in [2.05, 4.69) is 43.8 Å². The molecule has 0 radical (unpaired) electrons. The van der Waals surface area contributed by atoms with Gasteiger partial charge in [-0.1, -0.05) is 28.6 Å². The van der Waals surface area contributed by atoms with Crippen LogP contribution in [0.15, 0.2) is 33.7 Å². The second kappa shape index (κ2) is 5.32. The summed E-state index contributed by atoms with van der Waals surface area (Å²) in [6, 6.07) is 5.16. The summed E-state index contributed by atoms with van der Waals surface area (Å²) >= 11 is 6.43. The van der Waals surface area contributed by atoms with Gasteiger partial charge in [0.25, 0.3) is 5.91 Å². The fourth-order valence-electron chi connectivity index (χ4n) is 0.997. The third-order valence-corrected chi connectivity index (χ3v) is 2.88. The first kappa shape index (κ1) is 12.3. The fraction of sp³-hybridized carbons (Fsp3) is 0.100. The van der Waals surface area contributed by atoms with E-state index < -0.39 is 0 Å². The highest BCUT2D eigenvalue weighted by atomic mass is 79.9. The predicted octanol–water partition coefficient (Wildman–Crippen LogP) is 2.67. The van der Waals surface area contributed by atoms with Crippen molar-refractivity contribution in [2.75, 3.05) is 12.3 Å². The Hall–Kier alpha value is -0.810. The van der Waals surface area contributed by atoms with Gasteiger partial charge in [0.05, 0.1) is 10.0 Å². The van der Waals surface area contributed by atoms with E-state index in [4.69, 9.17) is 5.73 Å². The summed E-state index contributed by atoms with van der Waals surface area (Å²) in [5, 5.41) is 2.70. The van der Waals surface area contributed by atoms with Gasteiger partial charge in [-0.3, -0.25) is 4.79 Å². The van der Waals surface area contributed by atoms with Crippen LogP contribution in [0.4, 0.5) is 5.69 Å². The first-order valence-electron chi connectivity index (χ1n) is 4.18. The van der Waals surface area contributed by atoms with Crippen LogP contribution in [-0.2, 0) is 0 Å². The molecule has 15 heavy (non-hydrogen) atoms. The van der Waals surface area contributed by atoms with E-state index in [1.807, 2.05) is 0 Å². The summed E-state index contributed by atoms with van der Waals surface area (Å²) in [6.45, 7) is 4.02. The zero-order chi connectivity index (χ0) is 11.4. The van der Waals surface area contributed by atoms with Crippen molar-refractivity contribution < 1.29 is 4.79 Å². The highest BCUT2D eigenvalue weighted by Crippen LogP contribution is 2.23. The van der Waals surface area contributed by atoms with Gasteiger partial charge in [-0.05, 0) is 28.1 Å². The van der Waals surface area contributed by atoms with Crippen LogP contribution >= 0.6 is 31.9 Å². The van der Waals surface area contributed by atoms with Gasteiger partial charge in [-0.15, -0.1) is 0 Å². The van der Waals surface area contributed by atoms with E-state index in [1.165, 1.54) is 0 Å². The Morgan fingerprint density at radius 3 is 2.80 bits per heavy atom. The molecule has 0 atom stereocenters. The fourth-order valence-corrected chi connectivity index (χ4v) is 1.58. The number of halogens is 2. The first-order valence-corrected chi connectivity index (χ1v) is 5.76. The number of hydrogen-bond acceptors (Lipinski definition) is 2. The van der Waals surface area contributed by atoms with E-state index in [9.17, 15) is 4.79 Å². The Balaban J connectivity index is 2.82. The molecule has 1 amide bonds. The molecule has 0 aliphatic carbocycles. The van der Waals surface area contributed by atoms with E-state index in [0.717, 1.165) is 4.48 Å². The summed E-state index contributed by atoms with van der Waals surface area (Å²) in [5.41, 5.74) is 6.72. The summed E-state index contributed by atoms with van der Waals surface area (Å²) in [7, 11) is 0. The normalized spacial score (nSPS) is 9.73. The number of benzene rings is 1. The molecule has 0 fully saturated rings. The number of nitrogens with two attached hydrogens (primary N) is 1. The SMILES string of the molecule is C=C(Br)CNC(=O)c1cccc(N)c1Br. The lowest BCUT2D eigenvalue weighted by Crippen LogP contribution is -2.24. The van der Waals surface area contributed by atoms with E-state index >= 15 is 0 Å². The maximum absolute atomic E-state index is 11.7. The van der Waals surface area contributed by atoms with Gasteiger partial charge in [0.1, 0.15) is 0 Å². The zero-order valence-corrected chi connectivity index (χ0v) is 11.1. The van der Waals surface area contributed by atoms with Crippen LogP contribution in [-0.4, -0.2) is 12.5 Å². The van der Waals surface area contributed by atoms with Gasteiger partial charge in [0.15, 0.2) is 0 Å². The highest BCUT2D eigenvalue weighted by Gasteiger charge is 2.10. The Morgan fingerprint density at radius 1 is 1.53 bits per heavy atom. The van der Waals surface area contributed by atoms with E-state index in [1.54, 1.807) is 18.2 Å². The van der Waals surface area contributed by atoms with Crippen molar-refractivity contribution >= 4 is 43.5 Å². The van der Waals surface area contributed by atoms with Crippen molar-refractivity contribution in [3.05, 3.63) is 39.3 Å². The van der Waals surface area contributed by atoms with Crippen molar-refractivity contribution in [3.63, 3.8) is 0 Å². The molecule has 0 bridgehead atoms. The predicted molar refractivity (Wildman–Crippen MR) is 69.0 cm³/mol. The number of nitrogen functional groups attached to an aromatic ring is 1. The molecule has 0 heterocycles. The van der Waals surface area contributed by atoms with Gasteiger partial charge < -0.3 is 11.1 Å². The number of nitrogens with one attached hydrogen (secondary N) is 1. The molecule has 0 spiro atoms. The largest absolute Gasteiger partial charge is 0.398 e. The minimum Gasteiger partial charge on any atom is -0.398 e. The molecule has 5 heteroatoms. The Kier molecular flexibility index (Phi) is 4.35. The van der Waals surface area contributed by atoms with Gasteiger partial charge in [0.2, 0.25) is 0 Å². The Labute approximate surface area is 105 Å². The Bertz CT molecular complexity index is 404. The lowest BCUT2D eigenvalue weighted by Gasteiger charge is -2.07. The summed E-state index contributed by atoms with van der Waals surface area (Å²) in [5.74, 6) is -0.185. The molecule has 1 aromatic rings. The summed E-state index contributed by atoms with van der Waals surface area (Å²) in [6.07, 6.45) is 0. The van der Waals surface area contributed by atoms with Crippen LogP contribution in [0, 0.1) is 0 Å². The maximum atomic E-state index is 11.7. The van der Waals surface area contributed by atoms with Gasteiger partial charge >= 0.3 is 0 Å². The van der Waals surface area contributed by atoms with E-state index in [0.29, 0.717) is 22.3 Å². The van der Waals surface area contributed by atoms with Crippen LogP contribution < -0.4 is 11.1 Å². The molecule has 0 aromatic heterocycles. The Morgan fingerprint density at radius 2 is 2.20 bits per heavy atom. The van der Waals surface area contributed by atoms with Crippen LogP contribution in [0.25, 0.3) is 0 Å². The number of amides is 1. The van der Waals surface area contributed by atoms with Crippen molar-refractivity contribution in [2.24, 2.45) is 0 Å². The van der Waals surface area contributed by atoms with Crippen LogP contribution in [0.1, 0.15) is 10.4 Å². The van der Waals surface area contributed by atoms with Crippen LogP contribution in [0.3, 0.4) is 0 Å².